The number of hydrogen-bond donors (Lipinski definition) is 2. The molecule has 2 aromatic carbocycles. The number of aromatic nitrogens is 2. The summed E-state index contributed by atoms with van der Waals surface area (Å²) in [6, 6.07) is 14.6. The van der Waals surface area contributed by atoms with Gasteiger partial charge in [-0.25, -0.2) is 4.79 Å². The van der Waals surface area contributed by atoms with Crippen LogP contribution in [0.5, 0.6) is 5.88 Å². The van der Waals surface area contributed by atoms with Crippen LogP contribution < -0.4 is 15.6 Å². The van der Waals surface area contributed by atoms with Crippen LogP contribution in [-0.4, -0.2) is 35.2 Å². The Morgan fingerprint density at radius 1 is 1.03 bits per heavy atom. The van der Waals surface area contributed by atoms with Crippen LogP contribution in [-0.2, 0) is 4.74 Å². The Hall–Kier alpha value is -3.75. The second-order valence-corrected chi connectivity index (χ2v) is 8.00. The molecule has 0 bridgehead atoms. The highest BCUT2D eigenvalue weighted by Gasteiger charge is 2.15. The number of unbranched alkanes of at least 4 members (excludes halogenated alkanes) is 1. The smallest absolute Gasteiger partial charge is 0.407 e. The van der Waals surface area contributed by atoms with Gasteiger partial charge in [-0.2, -0.15) is 5.16 Å². The van der Waals surface area contributed by atoms with Gasteiger partial charge in [0, 0.05) is 6.54 Å². The molecule has 0 radical (unpaired) electrons. The number of aromatic amines is 1. The molecule has 9 nitrogen and oxygen atoms in total. The van der Waals surface area contributed by atoms with Crippen molar-refractivity contribution in [1.82, 2.24) is 15.6 Å². The molecule has 2 heterocycles. The van der Waals surface area contributed by atoms with Gasteiger partial charge < -0.3 is 23.8 Å². The molecule has 0 saturated carbocycles. The minimum Gasteiger partial charge on any atom is -0.475 e. The molecule has 32 heavy (non-hydrogen) atoms. The van der Waals surface area contributed by atoms with Gasteiger partial charge in [-0.05, 0) is 63.0 Å². The molecule has 4 aromatic rings. The Balaban J connectivity index is 0.000000238. The van der Waals surface area contributed by atoms with Crippen molar-refractivity contribution in [3.05, 3.63) is 58.9 Å². The number of ether oxygens (including phenoxy) is 2. The molecule has 2 aromatic heterocycles. The number of hydrogen-bond acceptors (Lipinski definition) is 7. The molecule has 0 aliphatic rings. The van der Waals surface area contributed by atoms with Gasteiger partial charge in [0.2, 0.25) is 0 Å². The van der Waals surface area contributed by atoms with E-state index < -0.39 is 11.7 Å². The second-order valence-electron chi connectivity index (χ2n) is 8.00. The summed E-state index contributed by atoms with van der Waals surface area (Å²) in [5.41, 5.74) is 0.675. The van der Waals surface area contributed by atoms with Crippen LogP contribution >= 0.6 is 0 Å². The molecule has 2 N–H and O–H groups in total. The molecule has 0 aliphatic heterocycles. The Labute approximate surface area is 184 Å². The van der Waals surface area contributed by atoms with E-state index in [-0.39, 0.29) is 5.56 Å². The number of H-pyrrole nitrogens is 1. The van der Waals surface area contributed by atoms with E-state index in [4.69, 9.17) is 18.5 Å². The lowest BCUT2D eigenvalue weighted by atomic mass is 10.2. The summed E-state index contributed by atoms with van der Waals surface area (Å²) in [5, 5.41) is 10.3. The summed E-state index contributed by atoms with van der Waals surface area (Å²) >= 11 is 0. The zero-order valence-electron chi connectivity index (χ0n) is 18.3. The topological polar surface area (TPSA) is 120 Å². The summed E-state index contributed by atoms with van der Waals surface area (Å²) < 4.78 is 20.7. The largest absolute Gasteiger partial charge is 0.475 e. The van der Waals surface area contributed by atoms with E-state index in [1.807, 2.05) is 51.1 Å². The maximum Gasteiger partial charge on any atom is 0.407 e. The zero-order valence-corrected chi connectivity index (χ0v) is 18.3. The number of alkyl carbamates (subject to hydrolysis) is 1. The highest BCUT2D eigenvalue weighted by atomic mass is 16.6. The van der Waals surface area contributed by atoms with E-state index in [0.717, 1.165) is 18.2 Å². The van der Waals surface area contributed by atoms with Gasteiger partial charge in [-0.3, -0.25) is 4.79 Å². The fourth-order valence-electron chi connectivity index (χ4n) is 2.77. The average molecular weight is 441 g/mol. The summed E-state index contributed by atoms with van der Waals surface area (Å²) in [7, 11) is 0. The quantitative estimate of drug-likeness (QED) is 0.419. The predicted octanol–water partition coefficient (Wildman–Crippen LogP) is 4.63. The number of para-hydroxylation sites is 2. The third-order valence-corrected chi connectivity index (χ3v) is 4.21. The summed E-state index contributed by atoms with van der Waals surface area (Å²) in [4.78, 5) is 22.3. The molecule has 0 unspecified atom stereocenters. The molecule has 0 fully saturated rings. The fraction of sp³-hybridized carbons (Fsp3) is 0.348. The molecule has 9 heteroatoms. The van der Waals surface area contributed by atoms with Crippen molar-refractivity contribution in [3.63, 3.8) is 0 Å². The monoisotopic (exact) mass is 441 g/mol. The second kappa shape index (κ2) is 10.5. The highest BCUT2D eigenvalue weighted by molar-refractivity contribution is 5.81. The highest BCUT2D eigenvalue weighted by Crippen LogP contribution is 2.24. The summed E-state index contributed by atoms with van der Waals surface area (Å²) in [5.74, 6) is 0.510. The number of carbonyl (C=O) groups excluding carboxylic acids is 1. The van der Waals surface area contributed by atoms with Crippen molar-refractivity contribution in [2.24, 2.45) is 0 Å². The number of amides is 1. The first-order valence-electron chi connectivity index (χ1n) is 10.3. The van der Waals surface area contributed by atoms with Crippen LogP contribution in [0.4, 0.5) is 4.79 Å². The van der Waals surface area contributed by atoms with Crippen LogP contribution in [0, 0.1) is 0 Å². The Morgan fingerprint density at radius 3 is 2.44 bits per heavy atom. The van der Waals surface area contributed by atoms with Gasteiger partial charge in [0.15, 0.2) is 11.2 Å². The van der Waals surface area contributed by atoms with Crippen LogP contribution in [0.1, 0.15) is 33.6 Å². The Morgan fingerprint density at radius 2 is 1.72 bits per heavy atom. The van der Waals surface area contributed by atoms with Crippen molar-refractivity contribution in [3.8, 4) is 5.88 Å². The lowest BCUT2D eigenvalue weighted by Gasteiger charge is -2.19. The number of benzene rings is 2. The molecule has 170 valence electrons. The van der Waals surface area contributed by atoms with Crippen LogP contribution in [0.25, 0.3) is 21.9 Å². The normalized spacial score (nSPS) is 11.1. The molecule has 4 rings (SSSR count). The lowest BCUT2D eigenvalue weighted by Crippen LogP contribution is -2.33. The van der Waals surface area contributed by atoms with Crippen molar-refractivity contribution < 1.29 is 23.3 Å². The minimum absolute atomic E-state index is 0.171. The molecule has 0 saturated heterocycles. The first-order valence-corrected chi connectivity index (χ1v) is 10.3. The van der Waals surface area contributed by atoms with Crippen LogP contribution in [0.15, 0.2) is 62.4 Å². The van der Waals surface area contributed by atoms with Gasteiger partial charge in [-0.15, -0.1) is 0 Å². The van der Waals surface area contributed by atoms with Crippen LogP contribution in [0.2, 0.25) is 0 Å². The maximum absolute atomic E-state index is 11.4. The minimum atomic E-state index is -0.471. The first-order chi connectivity index (χ1) is 15.3. The molecule has 0 atom stereocenters. The summed E-state index contributed by atoms with van der Waals surface area (Å²) in [6.07, 6.45) is 1.21. The zero-order chi connectivity index (χ0) is 23.0. The van der Waals surface area contributed by atoms with Gasteiger partial charge in [0.25, 0.3) is 11.4 Å². The molecule has 1 amide bonds. The molecule has 0 spiro atoms. The van der Waals surface area contributed by atoms with Gasteiger partial charge >= 0.3 is 6.09 Å². The van der Waals surface area contributed by atoms with Gasteiger partial charge in [0.1, 0.15) is 5.60 Å². The summed E-state index contributed by atoms with van der Waals surface area (Å²) in [6.45, 7) is 6.58. The molecular weight excluding hydrogens is 414 g/mol. The molecule has 0 aliphatic carbocycles. The maximum atomic E-state index is 11.4. The lowest BCUT2D eigenvalue weighted by molar-refractivity contribution is 0.0526. The van der Waals surface area contributed by atoms with Gasteiger partial charge in [-0.1, -0.05) is 24.3 Å². The van der Waals surface area contributed by atoms with Crippen molar-refractivity contribution >= 4 is 28.0 Å². The van der Waals surface area contributed by atoms with Crippen LogP contribution in [0.3, 0.4) is 0 Å². The van der Waals surface area contributed by atoms with E-state index in [9.17, 15) is 9.59 Å². The van der Waals surface area contributed by atoms with E-state index in [1.54, 1.807) is 18.2 Å². The predicted molar refractivity (Wildman–Crippen MR) is 120 cm³/mol. The Kier molecular flexibility index (Phi) is 7.54. The van der Waals surface area contributed by atoms with Crippen molar-refractivity contribution in [1.29, 1.82) is 0 Å². The standard InChI is InChI=1S/C16H22N2O4.C7H5NO2/c1-16(2,3)21-15(19)17-10-6-7-11-20-14-12-8-4-5-9-13(12)22-18-14;9-7-5-3-1-2-4-6(5)10-8-7/h4-5,8-9H,6-7,10-11H2,1-3H3,(H,17,19);1-4H,(H,8,9). The number of fused-ring (bicyclic) bond motifs is 2. The number of nitrogens with one attached hydrogen (secondary N) is 2. The third kappa shape index (κ3) is 6.63. The number of rotatable bonds is 6. The SMILES string of the molecule is CC(C)(C)OC(=O)NCCCCOc1noc2ccccc12.O=c1[nH]oc2ccccc12. The molecular formula is C23H27N3O6. The van der Waals surface area contributed by atoms with Gasteiger partial charge in [0.05, 0.1) is 17.4 Å². The third-order valence-electron chi connectivity index (χ3n) is 4.21. The van der Waals surface area contributed by atoms with E-state index in [2.05, 4.69) is 15.6 Å². The van der Waals surface area contributed by atoms with Crippen molar-refractivity contribution in [2.75, 3.05) is 13.2 Å². The number of carbonyl (C=O) groups is 1. The first kappa shape index (κ1) is 22.9. The average Bonchev–Trinajstić information content (AvgIpc) is 3.34. The van der Waals surface area contributed by atoms with E-state index in [0.29, 0.717) is 35.6 Å². The fourth-order valence-corrected chi connectivity index (χ4v) is 2.77. The number of nitrogens with zero attached hydrogens (tertiary/aromatic N) is 1. The Bertz CT molecular complexity index is 1200. The van der Waals surface area contributed by atoms with E-state index in [1.165, 1.54) is 0 Å². The van der Waals surface area contributed by atoms with E-state index >= 15 is 0 Å². The van der Waals surface area contributed by atoms with Crippen molar-refractivity contribution in [2.45, 2.75) is 39.2 Å².